The van der Waals surface area contributed by atoms with Crippen molar-refractivity contribution in [2.75, 3.05) is 0 Å². The van der Waals surface area contributed by atoms with E-state index in [1.807, 2.05) is 6.92 Å². The molecule has 0 bridgehead atoms. The van der Waals surface area contributed by atoms with Crippen molar-refractivity contribution < 1.29 is 19.1 Å². The predicted molar refractivity (Wildman–Crippen MR) is 71.7 cm³/mol. The number of benzene rings is 1. The summed E-state index contributed by atoms with van der Waals surface area (Å²) < 4.78 is 12.8. The third-order valence-electron chi connectivity index (χ3n) is 3.61. The summed E-state index contributed by atoms with van der Waals surface area (Å²) in [5.41, 5.74) is 0.861. The summed E-state index contributed by atoms with van der Waals surface area (Å²) in [5, 5.41) is 11.6. The number of halogens is 1. The van der Waals surface area contributed by atoms with Crippen molar-refractivity contribution in [3.05, 3.63) is 35.6 Å². The Morgan fingerprint density at radius 2 is 1.95 bits per heavy atom. The van der Waals surface area contributed by atoms with Gasteiger partial charge in [0.1, 0.15) is 11.9 Å². The maximum atomic E-state index is 12.8. The van der Waals surface area contributed by atoms with E-state index in [0.717, 1.165) is 18.4 Å². The first kappa shape index (κ1) is 14.5. The zero-order valence-corrected chi connectivity index (χ0v) is 11.3. The Labute approximate surface area is 117 Å². The fourth-order valence-electron chi connectivity index (χ4n) is 2.23. The number of carboxylic acids is 1. The quantitative estimate of drug-likeness (QED) is 0.839. The number of nitrogens with one attached hydrogen (secondary N) is 1. The minimum absolute atomic E-state index is 0.0672. The third kappa shape index (κ3) is 3.79. The highest BCUT2D eigenvalue weighted by atomic mass is 19.1. The Morgan fingerprint density at radius 1 is 1.35 bits per heavy atom. The normalized spacial score (nSPS) is 17.3. The summed E-state index contributed by atoms with van der Waals surface area (Å²) in [4.78, 5) is 22.9. The number of aliphatic carboxylic acids is 1. The van der Waals surface area contributed by atoms with Crippen molar-refractivity contribution in [3.63, 3.8) is 0 Å². The Hall–Kier alpha value is -1.91. The summed E-state index contributed by atoms with van der Waals surface area (Å²) in [6.45, 7) is 1.86. The summed E-state index contributed by atoms with van der Waals surface area (Å²) in [7, 11) is 0. The van der Waals surface area contributed by atoms with Crippen molar-refractivity contribution in [1.29, 1.82) is 0 Å². The van der Waals surface area contributed by atoms with Crippen molar-refractivity contribution in [1.82, 2.24) is 5.32 Å². The van der Waals surface area contributed by atoms with Gasteiger partial charge in [0, 0.05) is 6.42 Å². The second-order valence-corrected chi connectivity index (χ2v) is 5.38. The van der Waals surface area contributed by atoms with Crippen molar-refractivity contribution in [2.24, 2.45) is 5.92 Å². The molecule has 1 aromatic rings. The fraction of sp³-hybridized carbons (Fsp3) is 0.467. The van der Waals surface area contributed by atoms with Gasteiger partial charge in [-0.15, -0.1) is 0 Å². The average Bonchev–Trinajstić information content (AvgIpc) is 3.20. The van der Waals surface area contributed by atoms with Gasteiger partial charge in [-0.05, 0) is 42.4 Å². The summed E-state index contributed by atoms with van der Waals surface area (Å²) in [6.07, 6.45) is 1.90. The molecular formula is C15H18FNO3. The molecule has 2 N–H and O–H groups in total. The molecule has 1 aromatic carbocycles. The Kier molecular flexibility index (Phi) is 4.37. The molecule has 0 heterocycles. The largest absolute Gasteiger partial charge is 0.480 e. The molecule has 1 saturated carbocycles. The molecule has 0 spiro atoms. The smallest absolute Gasteiger partial charge is 0.326 e. The van der Waals surface area contributed by atoms with Crippen molar-refractivity contribution in [2.45, 2.75) is 38.1 Å². The molecule has 5 heteroatoms. The summed E-state index contributed by atoms with van der Waals surface area (Å²) in [6, 6.07) is 5.22. The Morgan fingerprint density at radius 3 is 2.45 bits per heavy atom. The maximum absolute atomic E-state index is 12.8. The molecule has 1 aliphatic carbocycles. The van der Waals surface area contributed by atoms with E-state index in [-0.39, 0.29) is 30.0 Å². The lowest BCUT2D eigenvalue weighted by Crippen LogP contribution is -2.42. The summed E-state index contributed by atoms with van der Waals surface area (Å²) >= 11 is 0. The molecule has 2 unspecified atom stereocenters. The Balaban J connectivity index is 1.90. The van der Waals surface area contributed by atoms with Crippen LogP contribution in [0.15, 0.2) is 24.3 Å². The zero-order chi connectivity index (χ0) is 14.7. The second kappa shape index (κ2) is 6.03. The molecular weight excluding hydrogens is 261 g/mol. The van der Waals surface area contributed by atoms with E-state index in [1.54, 1.807) is 12.1 Å². The van der Waals surface area contributed by atoms with Crippen LogP contribution in [-0.2, 0) is 9.59 Å². The van der Waals surface area contributed by atoms with Gasteiger partial charge in [-0.2, -0.15) is 0 Å². The molecule has 0 radical (unpaired) electrons. The van der Waals surface area contributed by atoms with Gasteiger partial charge in [-0.3, -0.25) is 4.79 Å². The zero-order valence-electron chi connectivity index (χ0n) is 11.3. The molecule has 108 valence electrons. The van der Waals surface area contributed by atoms with Gasteiger partial charge in [0.05, 0.1) is 0 Å². The first-order valence-corrected chi connectivity index (χ1v) is 6.75. The lowest BCUT2D eigenvalue weighted by Gasteiger charge is -2.16. The minimum atomic E-state index is -0.977. The number of amides is 1. The first-order chi connectivity index (χ1) is 9.47. The van der Waals surface area contributed by atoms with Gasteiger partial charge in [0.15, 0.2) is 0 Å². The van der Waals surface area contributed by atoms with Crippen LogP contribution in [0.4, 0.5) is 4.39 Å². The van der Waals surface area contributed by atoms with E-state index in [4.69, 9.17) is 5.11 Å². The molecule has 1 amide bonds. The average molecular weight is 279 g/mol. The molecule has 1 aliphatic rings. The van der Waals surface area contributed by atoms with E-state index >= 15 is 0 Å². The number of hydrogen-bond acceptors (Lipinski definition) is 2. The molecule has 0 aromatic heterocycles. The molecule has 0 aliphatic heterocycles. The number of rotatable bonds is 6. The van der Waals surface area contributed by atoms with Crippen molar-refractivity contribution in [3.8, 4) is 0 Å². The van der Waals surface area contributed by atoms with Gasteiger partial charge in [0.2, 0.25) is 5.91 Å². The first-order valence-electron chi connectivity index (χ1n) is 6.75. The molecule has 2 atom stereocenters. The summed E-state index contributed by atoms with van der Waals surface area (Å²) in [5.74, 6) is -1.58. The van der Waals surface area contributed by atoms with Crippen LogP contribution < -0.4 is 5.32 Å². The van der Waals surface area contributed by atoms with Crippen LogP contribution in [0.25, 0.3) is 0 Å². The van der Waals surface area contributed by atoms with E-state index in [9.17, 15) is 14.0 Å². The predicted octanol–water partition coefficient (Wildman–Crippen LogP) is 2.30. The number of carbonyl (C=O) groups excluding carboxylic acids is 1. The molecule has 20 heavy (non-hydrogen) atoms. The van der Waals surface area contributed by atoms with E-state index in [1.165, 1.54) is 12.1 Å². The minimum Gasteiger partial charge on any atom is -0.480 e. The van der Waals surface area contributed by atoms with Gasteiger partial charge in [-0.25, -0.2) is 9.18 Å². The lowest BCUT2D eigenvalue weighted by atomic mass is 9.97. The van der Waals surface area contributed by atoms with E-state index < -0.39 is 12.0 Å². The topological polar surface area (TPSA) is 66.4 Å². The van der Waals surface area contributed by atoms with Crippen LogP contribution in [-0.4, -0.2) is 23.0 Å². The molecule has 0 saturated heterocycles. The highest BCUT2D eigenvalue weighted by molar-refractivity contribution is 5.84. The third-order valence-corrected chi connectivity index (χ3v) is 3.61. The molecule has 4 nitrogen and oxygen atoms in total. The van der Waals surface area contributed by atoms with Crippen LogP contribution in [0.5, 0.6) is 0 Å². The molecule has 2 rings (SSSR count). The van der Waals surface area contributed by atoms with E-state index in [2.05, 4.69) is 5.32 Å². The SMILES string of the molecule is CC(CC(=O)NC(C(=O)O)C1CC1)c1ccc(F)cc1. The van der Waals surface area contributed by atoms with Crippen LogP contribution in [0, 0.1) is 11.7 Å². The van der Waals surface area contributed by atoms with Crippen LogP contribution in [0.3, 0.4) is 0 Å². The lowest BCUT2D eigenvalue weighted by molar-refractivity contribution is -0.142. The maximum Gasteiger partial charge on any atom is 0.326 e. The van der Waals surface area contributed by atoms with Crippen LogP contribution in [0.1, 0.15) is 37.7 Å². The van der Waals surface area contributed by atoms with E-state index in [0.29, 0.717) is 0 Å². The highest BCUT2D eigenvalue weighted by Gasteiger charge is 2.37. The number of hydrogen-bond donors (Lipinski definition) is 2. The van der Waals surface area contributed by atoms with Gasteiger partial charge >= 0.3 is 5.97 Å². The van der Waals surface area contributed by atoms with Crippen LogP contribution in [0.2, 0.25) is 0 Å². The van der Waals surface area contributed by atoms with Crippen LogP contribution >= 0.6 is 0 Å². The standard InChI is InChI=1S/C15H18FNO3/c1-9(10-4-6-12(16)7-5-10)8-13(18)17-14(15(19)20)11-2-3-11/h4-7,9,11,14H,2-3,8H2,1H3,(H,17,18)(H,19,20). The van der Waals surface area contributed by atoms with Crippen molar-refractivity contribution >= 4 is 11.9 Å². The number of carbonyl (C=O) groups is 2. The fourth-order valence-corrected chi connectivity index (χ4v) is 2.23. The number of carboxylic acid groups (broad SMARTS) is 1. The Bertz CT molecular complexity index is 496. The highest BCUT2D eigenvalue weighted by Crippen LogP contribution is 2.33. The second-order valence-electron chi connectivity index (χ2n) is 5.38. The monoisotopic (exact) mass is 279 g/mol. The van der Waals surface area contributed by atoms with Gasteiger partial charge in [0.25, 0.3) is 0 Å². The molecule has 1 fully saturated rings. The van der Waals surface area contributed by atoms with Gasteiger partial charge < -0.3 is 10.4 Å². The van der Waals surface area contributed by atoms with Gasteiger partial charge in [-0.1, -0.05) is 19.1 Å².